The van der Waals surface area contributed by atoms with E-state index in [2.05, 4.69) is 28.4 Å². The average molecular weight is 245 g/mol. The van der Waals surface area contributed by atoms with Crippen LogP contribution in [0, 0.1) is 6.92 Å². The van der Waals surface area contributed by atoms with E-state index in [1.165, 1.54) is 5.56 Å². The number of nitrogens with zero attached hydrogens (tertiary/aromatic N) is 3. The van der Waals surface area contributed by atoms with Gasteiger partial charge in [0.1, 0.15) is 5.82 Å². The molecule has 0 bridgehead atoms. The summed E-state index contributed by atoms with van der Waals surface area (Å²) < 4.78 is 1.90. The van der Waals surface area contributed by atoms with Crippen LogP contribution in [0.2, 0.25) is 0 Å². The fraction of sp³-hybridized carbons (Fsp3) is 0.385. The van der Waals surface area contributed by atoms with Gasteiger partial charge in [-0.3, -0.25) is 4.98 Å². The molecule has 0 amide bonds. The van der Waals surface area contributed by atoms with Crippen molar-refractivity contribution in [3.8, 4) is 0 Å². The zero-order valence-corrected chi connectivity index (χ0v) is 10.8. The van der Waals surface area contributed by atoms with Crippen molar-refractivity contribution in [1.82, 2.24) is 14.8 Å². The van der Waals surface area contributed by atoms with Gasteiger partial charge in [0, 0.05) is 25.5 Å². The zero-order chi connectivity index (χ0) is 13.0. The molecule has 0 unspecified atom stereocenters. The van der Waals surface area contributed by atoms with Crippen molar-refractivity contribution in [2.45, 2.75) is 26.8 Å². The third-order valence-corrected chi connectivity index (χ3v) is 2.90. The lowest BCUT2D eigenvalue weighted by molar-refractivity contribution is 0.657. The first-order valence-electron chi connectivity index (χ1n) is 6.18. The summed E-state index contributed by atoms with van der Waals surface area (Å²) in [6.45, 7) is 5.61. The predicted molar refractivity (Wildman–Crippen MR) is 73.5 cm³/mol. The number of aromatic nitrogens is 3. The Kier molecular flexibility index (Phi) is 3.82. The van der Waals surface area contributed by atoms with Gasteiger partial charge in [0.15, 0.2) is 0 Å². The highest BCUT2D eigenvalue weighted by Gasteiger charge is 2.10. The number of pyridine rings is 1. The summed E-state index contributed by atoms with van der Waals surface area (Å²) in [5.74, 6) is 0.916. The van der Waals surface area contributed by atoms with Gasteiger partial charge in [0.05, 0.1) is 11.4 Å². The van der Waals surface area contributed by atoms with Crippen LogP contribution in [0.1, 0.15) is 18.2 Å². The standard InChI is InChI=1S/C13H19N5/c1-3-18-13(12(14)10(2)17-18)16-8-6-11-5-4-7-15-9-11/h4-5,7,9,16H,3,6,8,14H2,1-2H3. The quantitative estimate of drug-likeness (QED) is 0.843. The van der Waals surface area contributed by atoms with Gasteiger partial charge in [0.25, 0.3) is 0 Å². The van der Waals surface area contributed by atoms with Crippen LogP contribution in [0.15, 0.2) is 24.5 Å². The van der Waals surface area contributed by atoms with E-state index in [1.807, 2.05) is 23.9 Å². The number of rotatable bonds is 5. The first kappa shape index (κ1) is 12.4. The molecular weight excluding hydrogens is 226 g/mol. The highest BCUT2D eigenvalue weighted by molar-refractivity contribution is 5.64. The first-order valence-corrected chi connectivity index (χ1v) is 6.18. The van der Waals surface area contributed by atoms with Crippen LogP contribution in [0.4, 0.5) is 11.5 Å². The molecule has 5 heteroatoms. The van der Waals surface area contributed by atoms with Gasteiger partial charge in [-0.05, 0) is 31.9 Å². The van der Waals surface area contributed by atoms with Gasteiger partial charge in [-0.2, -0.15) is 5.10 Å². The Morgan fingerprint density at radius 3 is 2.94 bits per heavy atom. The predicted octanol–water partition coefficient (Wildman–Crippen LogP) is 1.84. The monoisotopic (exact) mass is 245 g/mol. The van der Waals surface area contributed by atoms with Crippen LogP contribution in [-0.2, 0) is 13.0 Å². The minimum atomic E-state index is 0.739. The third-order valence-electron chi connectivity index (χ3n) is 2.90. The molecule has 2 aromatic heterocycles. The molecule has 5 nitrogen and oxygen atoms in total. The minimum absolute atomic E-state index is 0.739. The molecule has 0 aliphatic carbocycles. The summed E-state index contributed by atoms with van der Waals surface area (Å²) in [7, 11) is 0. The number of nitrogens with two attached hydrogens (primary N) is 1. The van der Waals surface area contributed by atoms with Gasteiger partial charge < -0.3 is 11.1 Å². The second-order valence-electron chi connectivity index (χ2n) is 4.20. The van der Waals surface area contributed by atoms with E-state index in [0.29, 0.717) is 0 Å². The summed E-state index contributed by atoms with van der Waals surface area (Å²) >= 11 is 0. The highest BCUT2D eigenvalue weighted by Crippen LogP contribution is 2.21. The van der Waals surface area contributed by atoms with Gasteiger partial charge in [0.2, 0.25) is 0 Å². The Hall–Kier alpha value is -2.04. The Labute approximate surface area is 107 Å². The van der Waals surface area contributed by atoms with Crippen LogP contribution in [-0.4, -0.2) is 21.3 Å². The van der Waals surface area contributed by atoms with E-state index in [1.54, 1.807) is 6.20 Å². The van der Waals surface area contributed by atoms with Crippen LogP contribution in [0.5, 0.6) is 0 Å². The van der Waals surface area contributed by atoms with Crippen molar-refractivity contribution >= 4 is 11.5 Å². The SMILES string of the molecule is CCn1nc(C)c(N)c1NCCc1cccnc1. The molecule has 2 rings (SSSR count). The van der Waals surface area contributed by atoms with E-state index in [9.17, 15) is 0 Å². The van der Waals surface area contributed by atoms with Crippen molar-refractivity contribution in [3.05, 3.63) is 35.8 Å². The van der Waals surface area contributed by atoms with E-state index in [0.717, 1.165) is 36.7 Å². The van der Waals surface area contributed by atoms with Gasteiger partial charge in [-0.15, -0.1) is 0 Å². The lowest BCUT2D eigenvalue weighted by Gasteiger charge is -2.09. The van der Waals surface area contributed by atoms with Gasteiger partial charge >= 0.3 is 0 Å². The fourth-order valence-electron chi connectivity index (χ4n) is 1.88. The normalized spacial score (nSPS) is 10.6. The smallest absolute Gasteiger partial charge is 0.148 e. The second kappa shape index (κ2) is 5.53. The van der Waals surface area contributed by atoms with Crippen LogP contribution in [0.3, 0.4) is 0 Å². The van der Waals surface area contributed by atoms with Crippen molar-refractivity contribution < 1.29 is 0 Å². The first-order chi connectivity index (χ1) is 8.72. The van der Waals surface area contributed by atoms with Crippen LogP contribution >= 0.6 is 0 Å². The fourth-order valence-corrected chi connectivity index (χ4v) is 1.88. The molecule has 0 saturated heterocycles. The van der Waals surface area contributed by atoms with Crippen molar-refractivity contribution in [1.29, 1.82) is 0 Å². The maximum Gasteiger partial charge on any atom is 0.148 e. The molecule has 2 heterocycles. The lowest BCUT2D eigenvalue weighted by Crippen LogP contribution is -2.11. The van der Waals surface area contributed by atoms with Crippen molar-refractivity contribution in [3.63, 3.8) is 0 Å². The Morgan fingerprint density at radius 1 is 1.44 bits per heavy atom. The molecule has 96 valence electrons. The summed E-state index contributed by atoms with van der Waals surface area (Å²) in [6.07, 6.45) is 4.58. The number of anilines is 2. The molecule has 0 saturated carbocycles. The molecule has 0 radical (unpaired) electrons. The van der Waals surface area contributed by atoms with Gasteiger partial charge in [-0.1, -0.05) is 6.07 Å². The second-order valence-corrected chi connectivity index (χ2v) is 4.20. The maximum atomic E-state index is 6.00. The summed E-state index contributed by atoms with van der Waals surface area (Å²) in [4.78, 5) is 4.10. The molecule has 0 aliphatic rings. The number of nitrogen functional groups attached to an aromatic ring is 1. The van der Waals surface area contributed by atoms with Gasteiger partial charge in [-0.25, -0.2) is 4.68 Å². The number of nitrogens with one attached hydrogen (secondary N) is 1. The molecular formula is C13H19N5. The van der Waals surface area contributed by atoms with E-state index >= 15 is 0 Å². The average Bonchev–Trinajstić information content (AvgIpc) is 2.67. The molecule has 0 aliphatic heterocycles. The molecule has 0 atom stereocenters. The molecule has 0 spiro atoms. The zero-order valence-electron chi connectivity index (χ0n) is 10.8. The topological polar surface area (TPSA) is 68.8 Å². The summed E-state index contributed by atoms with van der Waals surface area (Å²) in [5, 5.41) is 7.72. The van der Waals surface area contributed by atoms with Crippen molar-refractivity contribution in [2.24, 2.45) is 0 Å². The van der Waals surface area contributed by atoms with Crippen LogP contribution < -0.4 is 11.1 Å². The highest BCUT2D eigenvalue weighted by atomic mass is 15.3. The minimum Gasteiger partial charge on any atom is -0.394 e. The Bertz CT molecular complexity index is 504. The molecule has 0 aromatic carbocycles. The summed E-state index contributed by atoms with van der Waals surface area (Å²) in [5.41, 5.74) is 8.83. The van der Waals surface area contributed by atoms with Crippen LogP contribution in [0.25, 0.3) is 0 Å². The number of aryl methyl sites for hydroxylation is 2. The maximum absolute atomic E-state index is 6.00. The Balaban J connectivity index is 1.98. The molecule has 2 aromatic rings. The Morgan fingerprint density at radius 2 is 2.28 bits per heavy atom. The van der Waals surface area contributed by atoms with E-state index in [-0.39, 0.29) is 0 Å². The molecule has 3 N–H and O–H groups in total. The lowest BCUT2D eigenvalue weighted by atomic mass is 10.2. The van der Waals surface area contributed by atoms with Crippen molar-refractivity contribution in [2.75, 3.05) is 17.6 Å². The largest absolute Gasteiger partial charge is 0.394 e. The number of hydrogen-bond acceptors (Lipinski definition) is 4. The molecule has 0 fully saturated rings. The van der Waals surface area contributed by atoms with E-state index in [4.69, 9.17) is 5.73 Å². The molecule has 18 heavy (non-hydrogen) atoms. The number of hydrogen-bond donors (Lipinski definition) is 2. The summed E-state index contributed by atoms with van der Waals surface area (Å²) in [6, 6.07) is 4.02. The van der Waals surface area contributed by atoms with E-state index < -0.39 is 0 Å². The third kappa shape index (κ3) is 2.61.